The Labute approximate surface area is 127 Å². The van der Waals surface area contributed by atoms with Crippen LogP contribution >= 0.6 is 0 Å². The van der Waals surface area contributed by atoms with Gasteiger partial charge in [-0.25, -0.2) is 0 Å². The number of hydrogen-bond donors (Lipinski definition) is 2. The molecular formula is C15H29N3O3. The fourth-order valence-electron chi connectivity index (χ4n) is 2.71. The van der Waals surface area contributed by atoms with Gasteiger partial charge in [0.05, 0.1) is 19.3 Å². The third kappa shape index (κ3) is 7.22. The molecule has 1 atom stereocenters. The highest BCUT2D eigenvalue weighted by Crippen LogP contribution is 2.11. The van der Waals surface area contributed by atoms with Crippen LogP contribution in [0.4, 0.5) is 0 Å². The van der Waals surface area contributed by atoms with E-state index in [0.29, 0.717) is 26.3 Å². The normalized spacial score (nSPS) is 23.9. The molecule has 0 radical (unpaired) electrons. The molecule has 2 aliphatic heterocycles. The van der Waals surface area contributed by atoms with Gasteiger partial charge in [0, 0.05) is 32.8 Å². The van der Waals surface area contributed by atoms with Gasteiger partial charge >= 0.3 is 0 Å². The van der Waals surface area contributed by atoms with E-state index in [9.17, 15) is 4.79 Å². The summed E-state index contributed by atoms with van der Waals surface area (Å²) in [5.74, 6) is 0.121. The Balaban J connectivity index is 1.43. The first-order valence-corrected chi connectivity index (χ1v) is 8.24. The Kier molecular flexibility index (Phi) is 8.03. The van der Waals surface area contributed by atoms with Crippen molar-refractivity contribution in [3.8, 4) is 0 Å². The fraction of sp³-hybridized carbons (Fsp3) is 0.933. The van der Waals surface area contributed by atoms with Crippen molar-refractivity contribution in [2.75, 3.05) is 59.1 Å². The van der Waals surface area contributed by atoms with E-state index in [0.717, 1.165) is 58.5 Å². The Morgan fingerprint density at radius 1 is 1.33 bits per heavy atom. The lowest BCUT2D eigenvalue weighted by Gasteiger charge is -2.18. The van der Waals surface area contributed by atoms with Gasteiger partial charge in [0.15, 0.2) is 0 Å². The van der Waals surface area contributed by atoms with Gasteiger partial charge in [0.25, 0.3) is 0 Å². The predicted molar refractivity (Wildman–Crippen MR) is 81.3 cm³/mol. The minimum absolute atomic E-state index is 0.121. The summed E-state index contributed by atoms with van der Waals surface area (Å²) in [6.07, 6.45) is 4.53. The zero-order chi connectivity index (χ0) is 14.8. The zero-order valence-electron chi connectivity index (χ0n) is 12.9. The summed E-state index contributed by atoms with van der Waals surface area (Å²) >= 11 is 0. The maximum atomic E-state index is 11.8. The molecule has 0 aromatic carbocycles. The molecule has 6 nitrogen and oxygen atoms in total. The van der Waals surface area contributed by atoms with Crippen LogP contribution in [0.2, 0.25) is 0 Å². The zero-order valence-corrected chi connectivity index (χ0v) is 12.9. The third-order valence-electron chi connectivity index (χ3n) is 3.92. The standard InChI is InChI=1S/C15H29N3O3/c19-15(12-18-8-2-5-16-7-9-18)17-6-3-10-20-13-14-4-1-11-21-14/h14,16H,1-13H2,(H,17,19). The molecule has 0 aromatic heterocycles. The van der Waals surface area contributed by atoms with Crippen molar-refractivity contribution in [2.24, 2.45) is 0 Å². The van der Waals surface area contributed by atoms with Crippen LogP contribution in [0.1, 0.15) is 25.7 Å². The van der Waals surface area contributed by atoms with Gasteiger partial charge in [-0.2, -0.15) is 0 Å². The van der Waals surface area contributed by atoms with Gasteiger partial charge < -0.3 is 20.1 Å². The highest BCUT2D eigenvalue weighted by Gasteiger charge is 2.15. The van der Waals surface area contributed by atoms with E-state index in [1.807, 2.05) is 0 Å². The molecule has 122 valence electrons. The molecule has 0 saturated carbocycles. The minimum Gasteiger partial charge on any atom is -0.379 e. The number of hydrogen-bond acceptors (Lipinski definition) is 5. The van der Waals surface area contributed by atoms with E-state index in [4.69, 9.17) is 9.47 Å². The van der Waals surface area contributed by atoms with Crippen LogP contribution in [-0.2, 0) is 14.3 Å². The molecule has 1 amide bonds. The van der Waals surface area contributed by atoms with Crippen LogP contribution in [0, 0.1) is 0 Å². The topological polar surface area (TPSA) is 62.8 Å². The molecule has 0 aromatic rings. The summed E-state index contributed by atoms with van der Waals surface area (Å²) < 4.78 is 11.1. The van der Waals surface area contributed by atoms with Gasteiger partial charge in [-0.05, 0) is 38.8 Å². The van der Waals surface area contributed by atoms with E-state index in [-0.39, 0.29) is 12.0 Å². The maximum Gasteiger partial charge on any atom is 0.234 e. The van der Waals surface area contributed by atoms with E-state index < -0.39 is 0 Å². The predicted octanol–water partition coefficient (Wildman–Crippen LogP) is -0.0164. The summed E-state index contributed by atoms with van der Waals surface area (Å²) in [7, 11) is 0. The van der Waals surface area contributed by atoms with Crippen molar-refractivity contribution in [3.05, 3.63) is 0 Å². The minimum atomic E-state index is 0.121. The first kappa shape index (κ1) is 16.7. The number of nitrogens with zero attached hydrogens (tertiary/aromatic N) is 1. The molecular weight excluding hydrogens is 270 g/mol. The van der Waals surface area contributed by atoms with Gasteiger partial charge in [-0.15, -0.1) is 0 Å². The fourth-order valence-corrected chi connectivity index (χ4v) is 2.71. The monoisotopic (exact) mass is 299 g/mol. The highest BCUT2D eigenvalue weighted by atomic mass is 16.5. The largest absolute Gasteiger partial charge is 0.379 e. The molecule has 2 saturated heterocycles. The van der Waals surface area contributed by atoms with Crippen molar-refractivity contribution in [3.63, 3.8) is 0 Å². The van der Waals surface area contributed by atoms with Crippen LogP contribution < -0.4 is 10.6 Å². The van der Waals surface area contributed by atoms with Crippen LogP contribution in [-0.4, -0.2) is 76.0 Å². The van der Waals surface area contributed by atoms with Gasteiger partial charge in [0.1, 0.15) is 0 Å². The second kappa shape index (κ2) is 10.1. The lowest BCUT2D eigenvalue weighted by molar-refractivity contribution is -0.122. The summed E-state index contributed by atoms with van der Waals surface area (Å²) in [6.45, 7) is 7.45. The molecule has 2 rings (SSSR count). The van der Waals surface area contributed by atoms with Crippen molar-refractivity contribution in [2.45, 2.75) is 31.8 Å². The molecule has 0 spiro atoms. The van der Waals surface area contributed by atoms with Crippen LogP contribution in [0.15, 0.2) is 0 Å². The maximum absolute atomic E-state index is 11.8. The van der Waals surface area contributed by atoms with E-state index >= 15 is 0 Å². The lowest BCUT2D eigenvalue weighted by Crippen LogP contribution is -2.39. The summed E-state index contributed by atoms with van der Waals surface area (Å²) in [4.78, 5) is 14.0. The van der Waals surface area contributed by atoms with Crippen molar-refractivity contribution in [1.29, 1.82) is 0 Å². The summed E-state index contributed by atoms with van der Waals surface area (Å²) in [5, 5.41) is 6.31. The van der Waals surface area contributed by atoms with Crippen molar-refractivity contribution < 1.29 is 14.3 Å². The van der Waals surface area contributed by atoms with E-state index in [1.54, 1.807) is 0 Å². The van der Waals surface area contributed by atoms with E-state index in [1.165, 1.54) is 0 Å². The van der Waals surface area contributed by atoms with Gasteiger partial charge in [-0.3, -0.25) is 9.69 Å². The molecule has 21 heavy (non-hydrogen) atoms. The Morgan fingerprint density at radius 3 is 3.14 bits per heavy atom. The Hall–Kier alpha value is -0.690. The smallest absolute Gasteiger partial charge is 0.234 e. The van der Waals surface area contributed by atoms with Gasteiger partial charge in [-0.1, -0.05) is 0 Å². The van der Waals surface area contributed by atoms with Gasteiger partial charge in [0.2, 0.25) is 5.91 Å². The number of carbonyl (C=O) groups is 1. The molecule has 2 aliphatic rings. The first-order chi connectivity index (χ1) is 10.3. The second-order valence-corrected chi connectivity index (χ2v) is 5.79. The lowest BCUT2D eigenvalue weighted by atomic mass is 10.2. The first-order valence-electron chi connectivity index (χ1n) is 8.24. The van der Waals surface area contributed by atoms with Crippen LogP contribution in [0.25, 0.3) is 0 Å². The number of nitrogens with one attached hydrogen (secondary N) is 2. The second-order valence-electron chi connectivity index (χ2n) is 5.79. The third-order valence-corrected chi connectivity index (χ3v) is 3.92. The highest BCUT2D eigenvalue weighted by molar-refractivity contribution is 5.77. The Bertz CT molecular complexity index is 288. The average molecular weight is 299 g/mol. The number of carbonyl (C=O) groups excluding carboxylic acids is 1. The quantitative estimate of drug-likeness (QED) is 0.617. The molecule has 2 fully saturated rings. The molecule has 6 heteroatoms. The number of ether oxygens (including phenoxy) is 2. The molecule has 1 unspecified atom stereocenters. The summed E-state index contributed by atoms with van der Waals surface area (Å²) in [6, 6.07) is 0. The van der Waals surface area contributed by atoms with E-state index in [2.05, 4.69) is 15.5 Å². The number of rotatable bonds is 8. The van der Waals surface area contributed by atoms with Crippen molar-refractivity contribution in [1.82, 2.24) is 15.5 Å². The summed E-state index contributed by atoms with van der Waals surface area (Å²) in [5.41, 5.74) is 0. The van der Waals surface area contributed by atoms with Crippen LogP contribution in [0.3, 0.4) is 0 Å². The molecule has 2 heterocycles. The average Bonchev–Trinajstić information content (AvgIpc) is 2.87. The SMILES string of the molecule is O=C(CN1CCCNCC1)NCCCOCC1CCCO1. The van der Waals surface area contributed by atoms with Crippen molar-refractivity contribution >= 4 is 5.91 Å². The Morgan fingerprint density at radius 2 is 2.29 bits per heavy atom. The molecule has 0 bridgehead atoms. The molecule has 2 N–H and O–H groups in total. The molecule has 0 aliphatic carbocycles. The van der Waals surface area contributed by atoms with Crippen LogP contribution in [0.5, 0.6) is 0 Å². The number of amides is 1.